The van der Waals surface area contributed by atoms with E-state index >= 15 is 0 Å². The van der Waals surface area contributed by atoms with Crippen molar-refractivity contribution in [3.63, 3.8) is 0 Å². The molecule has 1 aliphatic rings. The molecule has 0 unspecified atom stereocenters. The molecule has 5 nitrogen and oxygen atoms in total. The van der Waals surface area contributed by atoms with E-state index in [1.807, 2.05) is 91.9 Å². The number of benzene rings is 4. The lowest BCUT2D eigenvalue weighted by Crippen LogP contribution is -2.21. The van der Waals surface area contributed by atoms with Gasteiger partial charge >= 0.3 is 0 Å². The molecule has 8 heteroatoms. The lowest BCUT2D eigenvalue weighted by Gasteiger charge is -2.16. The molecule has 0 atom stereocenters. The van der Waals surface area contributed by atoms with Gasteiger partial charge in [-0.3, -0.25) is 4.79 Å². The molecule has 1 amide bonds. The highest BCUT2D eigenvalue weighted by molar-refractivity contribution is 9.10. The first-order valence-electron chi connectivity index (χ1n) is 12.2. The maximum absolute atomic E-state index is 13.6. The number of carbonyl (C=O) groups is 1. The second-order valence-corrected chi connectivity index (χ2v) is 10.3. The molecule has 4 aromatic carbocycles. The first kappa shape index (κ1) is 27.0. The number of para-hydroxylation sites is 1. The summed E-state index contributed by atoms with van der Waals surface area (Å²) in [5.74, 6) is 0.852. The van der Waals surface area contributed by atoms with Crippen LogP contribution >= 0.6 is 39.1 Å². The highest BCUT2D eigenvalue weighted by atomic mass is 79.9. The van der Waals surface area contributed by atoms with Gasteiger partial charge in [0.2, 0.25) is 0 Å². The third-order valence-electron chi connectivity index (χ3n) is 5.96. The van der Waals surface area contributed by atoms with E-state index in [9.17, 15) is 4.79 Å². The fraction of sp³-hybridized carbons (Fsp3) is 0.0968. The number of hydrogen-bond donors (Lipinski definition) is 0. The Labute approximate surface area is 245 Å². The van der Waals surface area contributed by atoms with Gasteiger partial charge in [0.15, 0.2) is 11.5 Å². The highest BCUT2D eigenvalue weighted by Gasteiger charge is 2.32. The van der Waals surface area contributed by atoms with Gasteiger partial charge in [-0.25, -0.2) is 0 Å². The lowest BCUT2D eigenvalue weighted by atomic mass is 10.00. The Balaban J connectivity index is 1.51. The number of anilines is 1. The smallest absolute Gasteiger partial charge is 0.281 e. The summed E-state index contributed by atoms with van der Waals surface area (Å²) in [6.07, 6.45) is 1.82. The second kappa shape index (κ2) is 12.1. The van der Waals surface area contributed by atoms with Crippen molar-refractivity contribution in [2.24, 2.45) is 5.10 Å². The minimum Gasteiger partial charge on any atom is -0.490 e. The number of hydrazone groups is 1. The van der Waals surface area contributed by atoms with E-state index in [-0.39, 0.29) is 12.5 Å². The van der Waals surface area contributed by atoms with Crippen LogP contribution in [-0.4, -0.2) is 18.2 Å². The van der Waals surface area contributed by atoms with Crippen LogP contribution in [0.3, 0.4) is 0 Å². The minimum atomic E-state index is -0.216. The zero-order valence-corrected chi connectivity index (χ0v) is 24.0. The number of rotatable bonds is 8. The van der Waals surface area contributed by atoms with Gasteiger partial charge in [0.1, 0.15) is 12.3 Å². The number of amides is 1. The molecule has 0 saturated heterocycles. The number of hydrogen-bond acceptors (Lipinski definition) is 4. The predicted molar refractivity (Wildman–Crippen MR) is 161 cm³/mol. The Bertz CT molecular complexity index is 1570. The summed E-state index contributed by atoms with van der Waals surface area (Å²) < 4.78 is 12.7. The molecule has 0 aromatic heterocycles. The summed E-state index contributed by atoms with van der Waals surface area (Å²) in [4.78, 5) is 13.6. The SMILES string of the molecule is CCOc1cc(/C=C2\C(=O)N(c3ccccc3)N=C2c2ccccc2)cc(Br)c1OCc1ccc(Cl)cc1Cl. The molecule has 196 valence electrons. The predicted octanol–water partition coefficient (Wildman–Crippen LogP) is 8.57. The average molecular weight is 622 g/mol. The molecule has 5 rings (SSSR count). The Hall–Kier alpha value is -3.58. The Morgan fingerprint density at radius 3 is 2.33 bits per heavy atom. The van der Waals surface area contributed by atoms with Crippen LogP contribution in [0.15, 0.2) is 106 Å². The van der Waals surface area contributed by atoms with Crippen molar-refractivity contribution in [3.05, 3.63) is 128 Å². The summed E-state index contributed by atoms with van der Waals surface area (Å²) in [5, 5.41) is 7.22. The molecule has 0 fully saturated rings. The van der Waals surface area contributed by atoms with Crippen LogP contribution in [0.5, 0.6) is 11.5 Å². The van der Waals surface area contributed by atoms with Crippen LogP contribution in [0.25, 0.3) is 6.08 Å². The highest BCUT2D eigenvalue weighted by Crippen LogP contribution is 2.39. The minimum absolute atomic E-state index is 0.216. The van der Waals surface area contributed by atoms with E-state index in [0.29, 0.717) is 49.6 Å². The maximum atomic E-state index is 13.6. The molecule has 0 radical (unpaired) electrons. The first-order valence-corrected chi connectivity index (χ1v) is 13.8. The topological polar surface area (TPSA) is 51.1 Å². The molecule has 0 spiro atoms. The zero-order chi connectivity index (χ0) is 27.4. The van der Waals surface area contributed by atoms with Crippen LogP contribution < -0.4 is 14.5 Å². The van der Waals surface area contributed by atoms with Crippen molar-refractivity contribution in [2.75, 3.05) is 11.6 Å². The van der Waals surface area contributed by atoms with E-state index in [0.717, 1.165) is 16.7 Å². The molecule has 4 aromatic rings. The molecule has 0 bridgehead atoms. The van der Waals surface area contributed by atoms with E-state index in [2.05, 4.69) is 15.9 Å². The monoisotopic (exact) mass is 620 g/mol. The third-order valence-corrected chi connectivity index (χ3v) is 7.13. The number of halogens is 3. The van der Waals surface area contributed by atoms with Crippen LogP contribution in [0.4, 0.5) is 5.69 Å². The number of carbonyl (C=O) groups excluding carboxylic acids is 1. The third kappa shape index (κ3) is 6.04. The van der Waals surface area contributed by atoms with Gasteiger partial charge in [-0.2, -0.15) is 10.1 Å². The van der Waals surface area contributed by atoms with Gasteiger partial charge < -0.3 is 9.47 Å². The molecule has 39 heavy (non-hydrogen) atoms. The van der Waals surface area contributed by atoms with Crippen molar-refractivity contribution in [1.82, 2.24) is 0 Å². The van der Waals surface area contributed by atoms with Gasteiger partial charge in [0.25, 0.3) is 5.91 Å². The van der Waals surface area contributed by atoms with Gasteiger partial charge in [-0.15, -0.1) is 0 Å². The van der Waals surface area contributed by atoms with Crippen molar-refractivity contribution >= 4 is 62.5 Å². The molecule has 0 aliphatic carbocycles. The molecular weight excluding hydrogens is 599 g/mol. The van der Waals surface area contributed by atoms with E-state index in [1.165, 1.54) is 5.01 Å². The summed E-state index contributed by atoms with van der Waals surface area (Å²) in [7, 11) is 0. The lowest BCUT2D eigenvalue weighted by molar-refractivity contribution is -0.114. The molecule has 1 heterocycles. The molecule has 1 aliphatic heterocycles. The van der Waals surface area contributed by atoms with Gasteiger partial charge in [-0.1, -0.05) is 77.8 Å². The van der Waals surface area contributed by atoms with Crippen LogP contribution in [0, 0.1) is 0 Å². The van der Waals surface area contributed by atoms with Crippen LogP contribution in [0.1, 0.15) is 23.6 Å². The maximum Gasteiger partial charge on any atom is 0.281 e. The van der Waals surface area contributed by atoms with Gasteiger partial charge in [0.05, 0.1) is 22.3 Å². The Kier molecular flexibility index (Phi) is 8.36. The van der Waals surface area contributed by atoms with Gasteiger partial charge in [0, 0.05) is 21.2 Å². The molecule has 0 saturated carbocycles. The average Bonchev–Trinajstić information content (AvgIpc) is 3.26. The van der Waals surface area contributed by atoms with E-state index < -0.39 is 0 Å². The summed E-state index contributed by atoms with van der Waals surface area (Å²) >= 11 is 16.0. The number of ether oxygens (including phenoxy) is 2. The zero-order valence-electron chi connectivity index (χ0n) is 20.9. The largest absolute Gasteiger partial charge is 0.490 e. The Morgan fingerprint density at radius 1 is 0.923 bits per heavy atom. The van der Waals surface area contributed by atoms with Crippen LogP contribution in [-0.2, 0) is 11.4 Å². The molecular formula is C31H23BrCl2N2O3. The second-order valence-electron chi connectivity index (χ2n) is 8.61. The standard InChI is InChI=1S/C31H23BrCl2N2O3/c1-2-38-28-17-20(16-26(32)30(28)39-19-22-13-14-23(33)18-27(22)34)15-25-29(21-9-5-3-6-10-21)35-36(31(25)37)24-11-7-4-8-12-24/h3-18H,2,19H2,1H3/b25-15-. The van der Waals surface area contributed by atoms with Gasteiger partial charge in [-0.05, 0) is 70.9 Å². The summed E-state index contributed by atoms with van der Waals surface area (Å²) in [6.45, 7) is 2.56. The Morgan fingerprint density at radius 2 is 1.64 bits per heavy atom. The van der Waals surface area contributed by atoms with Crippen molar-refractivity contribution in [2.45, 2.75) is 13.5 Å². The van der Waals surface area contributed by atoms with E-state index in [1.54, 1.807) is 12.1 Å². The van der Waals surface area contributed by atoms with Crippen LogP contribution in [0.2, 0.25) is 10.0 Å². The normalized spacial score (nSPS) is 14.1. The van der Waals surface area contributed by atoms with Crippen molar-refractivity contribution in [3.8, 4) is 11.5 Å². The summed E-state index contributed by atoms with van der Waals surface area (Å²) in [5.41, 5.74) is 4.16. The van der Waals surface area contributed by atoms with Crippen molar-refractivity contribution < 1.29 is 14.3 Å². The van der Waals surface area contributed by atoms with E-state index in [4.69, 9.17) is 37.8 Å². The fourth-order valence-corrected chi connectivity index (χ4v) is 5.17. The molecule has 0 N–H and O–H groups in total. The quantitative estimate of drug-likeness (QED) is 0.185. The van der Waals surface area contributed by atoms with Crippen molar-refractivity contribution in [1.29, 1.82) is 0 Å². The summed E-state index contributed by atoms with van der Waals surface area (Å²) in [6, 6.07) is 28.0. The first-order chi connectivity index (χ1) is 18.9. The number of nitrogens with zero attached hydrogens (tertiary/aromatic N) is 2. The fourth-order valence-electron chi connectivity index (χ4n) is 4.13.